The van der Waals surface area contributed by atoms with Gasteiger partial charge in [0.1, 0.15) is 17.7 Å². The number of likely N-dealkylation sites (tertiary alicyclic amines) is 1. The Morgan fingerprint density at radius 1 is 1.14 bits per heavy atom. The third-order valence-electron chi connectivity index (χ3n) is 4.68. The highest BCUT2D eigenvalue weighted by Crippen LogP contribution is 2.34. The lowest BCUT2D eigenvalue weighted by molar-refractivity contribution is -0.384. The molecule has 2 aromatic rings. The van der Waals surface area contributed by atoms with E-state index >= 15 is 0 Å². The third-order valence-corrected chi connectivity index (χ3v) is 5.73. The maximum atomic E-state index is 12.5. The van der Waals surface area contributed by atoms with Gasteiger partial charge in [0.2, 0.25) is 12.3 Å². The molecule has 0 bridgehead atoms. The number of carbonyl (C=O) groups excluding carboxylic acids is 4. The maximum Gasteiger partial charge on any atom is 0.356 e. The fourth-order valence-corrected chi connectivity index (χ4v) is 3.97. The summed E-state index contributed by atoms with van der Waals surface area (Å²) in [5, 5.41) is 19.4. The zero-order chi connectivity index (χ0) is 25.5. The molecule has 2 aromatic carbocycles. The van der Waals surface area contributed by atoms with Crippen LogP contribution in [0.1, 0.15) is 12.5 Å². The van der Waals surface area contributed by atoms with E-state index < -0.39 is 52.2 Å². The second-order valence-corrected chi connectivity index (χ2v) is 8.46. The number of amides is 1. The highest BCUT2D eigenvalue weighted by Gasteiger charge is 2.55. The average molecular weight is 504 g/mol. The lowest BCUT2D eigenvalue weighted by Crippen LogP contribution is -2.69. The molecule has 35 heavy (non-hydrogen) atoms. The Hall–Kier alpha value is -3.97. The molecule has 1 unspecified atom stereocenters. The van der Waals surface area contributed by atoms with Crippen LogP contribution in [0, 0.1) is 10.1 Å². The van der Waals surface area contributed by atoms with Gasteiger partial charge in [-0.1, -0.05) is 30.0 Å². The Morgan fingerprint density at radius 3 is 2.40 bits per heavy atom. The molecule has 1 saturated heterocycles. The van der Waals surface area contributed by atoms with Gasteiger partial charge in [0.15, 0.2) is 11.7 Å². The van der Waals surface area contributed by atoms with Gasteiger partial charge in [-0.2, -0.15) is 0 Å². The maximum absolute atomic E-state index is 12.5. The first-order valence-corrected chi connectivity index (χ1v) is 11.0. The molecule has 1 aliphatic heterocycles. The Bertz CT molecular complexity index is 1110. The second-order valence-electron chi connectivity index (χ2n) is 7.16. The summed E-state index contributed by atoms with van der Waals surface area (Å²) in [4.78, 5) is 59.4. The van der Waals surface area contributed by atoms with Crippen LogP contribution in [-0.4, -0.2) is 62.2 Å². The van der Waals surface area contributed by atoms with E-state index in [0.29, 0.717) is 28.0 Å². The molecule has 1 N–H and O–H groups in total. The van der Waals surface area contributed by atoms with Crippen LogP contribution in [0.5, 0.6) is 5.75 Å². The number of para-hydroxylation sites is 1. The van der Waals surface area contributed by atoms with Crippen LogP contribution < -0.4 is 4.74 Å². The van der Waals surface area contributed by atoms with Gasteiger partial charge in [-0.05, 0) is 29.8 Å². The number of hydrogen-bond donors (Lipinski definition) is 1. The molecule has 1 aliphatic rings. The Kier molecular flexibility index (Phi) is 8.39. The number of hydrogen-bond acceptors (Lipinski definition) is 11. The highest BCUT2D eigenvalue weighted by atomic mass is 32.2. The van der Waals surface area contributed by atoms with Crippen LogP contribution >= 0.6 is 11.8 Å². The number of carbonyl (C=O) groups is 4. The summed E-state index contributed by atoms with van der Waals surface area (Å²) in [7, 11) is 0. The molecule has 0 aliphatic carbocycles. The molecule has 0 saturated carbocycles. The number of aliphatic hydroxyl groups excluding tert-OH is 1. The van der Waals surface area contributed by atoms with Crippen molar-refractivity contribution in [2.45, 2.75) is 31.2 Å². The fraction of sp³-hybridized carbons (Fsp3) is 0.273. The number of rotatable bonds is 10. The van der Waals surface area contributed by atoms with Crippen LogP contribution in [0.3, 0.4) is 0 Å². The number of nitro benzene ring substituents is 1. The fourth-order valence-electron chi connectivity index (χ4n) is 3.01. The van der Waals surface area contributed by atoms with Gasteiger partial charge in [-0.3, -0.25) is 24.6 Å². The number of nitro groups is 1. The van der Waals surface area contributed by atoms with E-state index in [1.807, 2.05) is 0 Å². The van der Waals surface area contributed by atoms with E-state index in [2.05, 4.69) is 0 Å². The van der Waals surface area contributed by atoms with Gasteiger partial charge in [0.05, 0.1) is 4.92 Å². The number of esters is 2. The predicted octanol–water partition coefficient (Wildman–Crippen LogP) is 1.40. The number of ether oxygens (including phenoxy) is 3. The third kappa shape index (κ3) is 6.55. The van der Waals surface area contributed by atoms with Crippen LogP contribution in [0.15, 0.2) is 54.6 Å². The molecular formula is C22H20N2O10S. The molecule has 184 valence electrons. The van der Waals surface area contributed by atoms with Crippen molar-refractivity contribution in [3.63, 3.8) is 0 Å². The minimum absolute atomic E-state index is 0.148. The predicted molar refractivity (Wildman–Crippen MR) is 120 cm³/mol. The summed E-state index contributed by atoms with van der Waals surface area (Å²) in [6.07, 6.45) is -3.47. The van der Waals surface area contributed by atoms with Crippen LogP contribution in [0.2, 0.25) is 0 Å². The second kappa shape index (κ2) is 11.4. The van der Waals surface area contributed by atoms with Crippen molar-refractivity contribution in [1.29, 1.82) is 0 Å². The number of β-lactam (4-membered cyclic amide) rings is 1. The highest BCUT2D eigenvalue weighted by molar-refractivity contribution is 8.14. The molecule has 1 heterocycles. The SMILES string of the molecule is CC(=O)S[C@@H]1[C@@H](OC(=O)COc2ccccc2)C(=O)N1C(O)C(=O)OCc1ccc([N+](=O)[O-])cc1. The van der Waals surface area contributed by atoms with E-state index in [1.165, 1.54) is 31.2 Å². The molecule has 0 radical (unpaired) electrons. The minimum Gasteiger partial charge on any atom is -0.482 e. The minimum atomic E-state index is -2.06. The lowest BCUT2D eigenvalue weighted by Gasteiger charge is -2.46. The first kappa shape index (κ1) is 25.6. The molecule has 0 aromatic heterocycles. The van der Waals surface area contributed by atoms with Gasteiger partial charge in [0.25, 0.3) is 11.6 Å². The molecule has 13 heteroatoms. The molecule has 1 fully saturated rings. The van der Waals surface area contributed by atoms with Crippen molar-refractivity contribution in [2.24, 2.45) is 0 Å². The normalized spacial score (nSPS) is 17.7. The van der Waals surface area contributed by atoms with Crippen LogP contribution in [0.25, 0.3) is 0 Å². The van der Waals surface area contributed by atoms with Crippen molar-refractivity contribution in [2.75, 3.05) is 6.61 Å². The molecule has 1 amide bonds. The average Bonchev–Trinajstić information content (AvgIpc) is 2.84. The molecular weight excluding hydrogens is 484 g/mol. The zero-order valence-corrected chi connectivity index (χ0v) is 19.1. The largest absolute Gasteiger partial charge is 0.482 e. The summed E-state index contributed by atoms with van der Waals surface area (Å²) < 4.78 is 15.3. The summed E-state index contributed by atoms with van der Waals surface area (Å²) >= 11 is 0.599. The van der Waals surface area contributed by atoms with Gasteiger partial charge >= 0.3 is 11.9 Å². The van der Waals surface area contributed by atoms with Crippen molar-refractivity contribution in [1.82, 2.24) is 4.90 Å². The quantitative estimate of drug-likeness (QED) is 0.215. The standard InChI is InChI=1S/C22H20N2O10S/c1-13(25)35-21-18(34-17(26)12-32-16-5-3-2-4-6-16)19(27)23(21)20(28)22(29)33-11-14-7-9-15(10-8-14)24(30)31/h2-10,18,20-21,28H,11-12H2,1H3/t18-,20?,21+/m0/s1. The summed E-state index contributed by atoms with van der Waals surface area (Å²) in [6, 6.07) is 13.6. The van der Waals surface area contributed by atoms with Crippen molar-refractivity contribution >= 4 is 40.4 Å². The van der Waals surface area contributed by atoms with Crippen molar-refractivity contribution < 1.29 is 43.4 Å². The first-order chi connectivity index (χ1) is 16.7. The summed E-state index contributed by atoms with van der Waals surface area (Å²) in [5.74, 6) is -2.55. The molecule has 0 spiro atoms. The van der Waals surface area contributed by atoms with Gasteiger partial charge in [-0.15, -0.1) is 0 Å². The molecule has 3 rings (SSSR count). The Labute approximate surface area is 202 Å². The Balaban J connectivity index is 1.57. The van der Waals surface area contributed by atoms with E-state index in [0.717, 1.165) is 0 Å². The molecule has 12 nitrogen and oxygen atoms in total. The smallest absolute Gasteiger partial charge is 0.356 e. The zero-order valence-electron chi connectivity index (χ0n) is 18.3. The van der Waals surface area contributed by atoms with Gasteiger partial charge < -0.3 is 19.3 Å². The van der Waals surface area contributed by atoms with Gasteiger partial charge in [-0.25, -0.2) is 9.59 Å². The van der Waals surface area contributed by atoms with Crippen LogP contribution in [-0.2, 0) is 35.3 Å². The topological polar surface area (TPSA) is 163 Å². The number of non-ortho nitro benzene ring substituents is 1. The molecule has 3 atom stereocenters. The number of thioether (sulfide) groups is 1. The summed E-state index contributed by atoms with van der Waals surface area (Å²) in [5.41, 5.74) is 0.260. The van der Waals surface area contributed by atoms with Crippen LogP contribution in [0.4, 0.5) is 5.69 Å². The number of aliphatic hydroxyl groups is 1. The van der Waals surface area contributed by atoms with Gasteiger partial charge in [0, 0.05) is 19.1 Å². The van der Waals surface area contributed by atoms with E-state index in [-0.39, 0.29) is 12.3 Å². The number of nitrogens with zero attached hydrogens (tertiary/aromatic N) is 2. The lowest BCUT2D eigenvalue weighted by atomic mass is 10.1. The van der Waals surface area contributed by atoms with E-state index in [4.69, 9.17) is 14.2 Å². The van der Waals surface area contributed by atoms with E-state index in [1.54, 1.807) is 30.3 Å². The van der Waals surface area contributed by atoms with Crippen molar-refractivity contribution in [3.8, 4) is 5.75 Å². The monoisotopic (exact) mass is 504 g/mol. The summed E-state index contributed by atoms with van der Waals surface area (Å²) in [6.45, 7) is 0.392. The Morgan fingerprint density at radius 2 is 1.80 bits per heavy atom. The van der Waals surface area contributed by atoms with Crippen molar-refractivity contribution in [3.05, 3.63) is 70.3 Å². The van der Waals surface area contributed by atoms with E-state index in [9.17, 15) is 34.4 Å². The first-order valence-electron chi connectivity index (χ1n) is 10.1. The number of benzene rings is 2.